The first-order chi connectivity index (χ1) is 15.7. The zero-order valence-electron chi connectivity index (χ0n) is 19.2. The molecule has 0 spiro atoms. The Hall–Kier alpha value is -2.39. The van der Waals surface area contributed by atoms with Gasteiger partial charge in [0.2, 0.25) is 11.9 Å². The summed E-state index contributed by atoms with van der Waals surface area (Å²) in [7, 11) is 1.46. The van der Waals surface area contributed by atoms with Crippen molar-refractivity contribution in [1.29, 1.82) is 0 Å². The predicted octanol–water partition coefficient (Wildman–Crippen LogP) is 2.79. The zero-order valence-corrected chi connectivity index (χ0v) is 19.2. The van der Waals surface area contributed by atoms with Crippen molar-refractivity contribution >= 4 is 17.6 Å². The van der Waals surface area contributed by atoms with Crippen LogP contribution in [-0.4, -0.2) is 73.9 Å². The van der Waals surface area contributed by atoms with Crippen molar-refractivity contribution in [2.75, 3.05) is 45.2 Å². The minimum atomic E-state index is -0.417. The highest BCUT2D eigenvalue weighted by molar-refractivity contribution is 6.03. The largest absolute Gasteiger partial charge is 0.494 e. The van der Waals surface area contributed by atoms with Crippen LogP contribution >= 0.6 is 0 Å². The molecule has 2 unspecified atom stereocenters. The molecular formula is C23H36FN7O. The molecule has 0 radical (unpaired) electrons. The summed E-state index contributed by atoms with van der Waals surface area (Å²) >= 11 is 0. The summed E-state index contributed by atoms with van der Waals surface area (Å²) < 4.78 is 19.2. The van der Waals surface area contributed by atoms with Gasteiger partial charge in [-0.1, -0.05) is 19.8 Å². The molecule has 3 heterocycles. The number of likely N-dealkylation sites (tertiary alicyclic amines) is 2. The Labute approximate surface area is 190 Å². The average molecular weight is 446 g/mol. The molecule has 3 aliphatic rings. The van der Waals surface area contributed by atoms with Crippen LogP contribution in [0.2, 0.25) is 0 Å². The number of benzene rings is 1. The number of aliphatic imine (C=N–C) groups is 2. The molecule has 3 aliphatic heterocycles. The third-order valence-corrected chi connectivity index (χ3v) is 6.49. The van der Waals surface area contributed by atoms with E-state index in [-0.39, 0.29) is 12.0 Å². The fourth-order valence-electron chi connectivity index (χ4n) is 4.70. The molecule has 4 rings (SSSR count). The van der Waals surface area contributed by atoms with Crippen LogP contribution in [-0.2, 0) is 0 Å². The van der Waals surface area contributed by atoms with E-state index in [1.807, 2.05) is 0 Å². The van der Waals surface area contributed by atoms with Crippen LogP contribution in [0.5, 0.6) is 5.75 Å². The zero-order chi connectivity index (χ0) is 22.3. The van der Waals surface area contributed by atoms with Crippen molar-refractivity contribution in [3.63, 3.8) is 0 Å². The van der Waals surface area contributed by atoms with E-state index in [9.17, 15) is 4.39 Å². The van der Waals surface area contributed by atoms with Crippen molar-refractivity contribution < 1.29 is 9.13 Å². The monoisotopic (exact) mass is 445 g/mol. The average Bonchev–Trinajstić information content (AvgIpc) is 3.08. The molecule has 1 aromatic rings. The summed E-state index contributed by atoms with van der Waals surface area (Å²) in [6, 6.07) is 5.32. The second-order valence-corrected chi connectivity index (χ2v) is 8.64. The van der Waals surface area contributed by atoms with E-state index >= 15 is 0 Å². The van der Waals surface area contributed by atoms with E-state index < -0.39 is 5.82 Å². The van der Waals surface area contributed by atoms with Gasteiger partial charge in [-0.3, -0.25) is 10.2 Å². The minimum absolute atomic E-state index is 0.216. The molecule has 32 heavy (non-hydrogen) atoms. The summed E-state index contributed by atoms with van der Waals surface area (Å²) in [5, 5.41) is 10.2. The molecule has 2 fully saturated rings. The lowest BCUT2D eigenvalue weighted by Gasteiger charge is -2.32. The van der Waals surface area contributed by atoms with Gasteiger partial charge >= 0.3 is 0 Å². The lowest BCUT2D eigenvalue weighted by molar-refractivity contribution is 0.251. The first-order valence-corrected chi connectivity index (χ1v) is 11.9. The molecule has 0 saturated carbocycles. The molecule has 0 aromatic heterocycles. The van der Waals surface area contributed by atoms with E-state index in [2.05, 4.69) is 32.7 Å². The first kappa shape index (κ1) is 22.8. The summed E-state index contributed by atoms with van der Waals surface area (Å²) in [4.78, 5) is 14.3. The smallest absolute Gasteiger partial charge is 0.229 e. The van der Waals surface area contributed by atoms with E-state index in [1.54, 1.807) is 12.1 Å². The molecule has 3 N–H and O–H groups in total. The Balaban J connectivity index is 1.49. The van der Waals surface area contributed by atoms with Crippen LogP contribution in [0.15, 0.2) is 28.2 Å². The predicted molar refractivity (Wildman–Crippen MR) is 127 cm³/mol. The number of likely N-dealkylation sites (N-methyl/N-ethyl adjacent to an activating group) is 1. The fraction of sp³-hybridized carbons (Fsp3) is 0.652. The highest BCUT2D eigenvalue weighted by Gasteiger charge is 2.26. The number of nitrogens with zero attached hydrogens (tertiary/aromatic N) is 4. The number of anilines is 1. The van der Waals surface area contributed by atoms with Crippen molar-refractivity contribution in [3.05, 3.63) is 24.0 Å². The molecule has 0 aliphatic carbocycles. The van der Waals surface area contributed by atoms with Crippen LogP contribution in [0.3, 0.4) is 0 Å². The number of ether oxygens (including phenoxy) is 1. The Kier molecular flexibility index (Phi) is 7.81. The van der Waals surface area contributed by atoms with Gasteiger partial charge in [0, 0.05) is 37.4 Å². The molecule has 0 amide bonds. The van der Waals surface area contributed by atoms with Crippen molar-refractivity contribution in [1.82, 2.24) is 20.4 Å². The van der Waals surface area contributed by atoms with Gasteiger partial charge in [0.25, 0.3) is 0 Å². The lowest BCUT2D eigenvalue weighted by Crippen LogP contribution is -2.55. The molecule has 2 atom stereocenters. The van der Waals surface area contributed by atoms with Crippen LogP contribution < -0.4 is 20.7 Å². The molecule has 9 heteroatoms. The summed E-state index contributed by atoms with van der Waals surface area (Å²) in [6.45, 7) is 7.29. The number of halogens is 1. The van der Waals surface area contributed by atoms with E-state index in [4.69, 9.17) is 14.7 Å². The van der Waals surface area contributed by atoms with Gasteiger partial charge in [-0.25, -0.2) is 9.38 Å². The second kappa shape index (κ2) is 11.0. The first-order valence-electron chi connectivity index (χ1n) is 11.9. The Morgan fingerprint density at radius 1 is 1.16 bits per heavy atom. The third-order valence-electron chi connectivity index (χ3n) is 6.49. The standard InChI is InChI=1S/C23H36FN7O/c1-3-30-14-8-9-18(30)16-25-21-27-22(26-17-10-11-20(32-2)19(24)15-17)29-23(28-21)31-12-6-4-5-7-13-31/h10-11,15,18,21,25H,3-9,12-14,16H2,1-2H3,(H2,26,27,28,29). The molecule has 0 bridgehead atoms. The SMILES string of the molecule is CCN1CCCC1CNC1N=C(Nc2ccc(OC)c(F)c2)N=C(N2CCCCCC2)N1. The Morgan fingerprint density at radius 2 is 1.97 bits per heavy atom. The number of nitrogens with one attached hydrogen (secondary N) is 3. The maximum Gasteiger partial charge on any atom is 0.229 e. The van der Waals surface area contributed by atoms with Gasteiger partial charge in [-0.15, -0.1) is 0 Å². The van der Waals surface area contributed by atoms with Crippen LogP contribution in [0.25, 0.3) is 0 Å². The molecule has 176 valence electrons. The van der Waals surface area contributed by atoms with E-state index in [0.717, 1.165) is 45.0 Å². The second-order valence-electron chi connectivity index (χ2n) is 8.64. The number of methoxy groups -OCH3 is 1. The van der Waals surface area contributed by atoms with Crippen molar-refractivity contribution in [2.45, 2.75) is 57.8 Å². The summed E-state index contributed by atoms with van der Waals surface area (Å²) in [5.74, 6) is 1.10. The van der Waals surface area contributed by atoms with Crippen LogP contribution in [0.1, 0.15) is 45.4 Å². The summed E-state index contributed by atoms with van der Waals surface area (Å²) in [6.07, 6.45) is 7.01. The van der Waals surface area contributed by atoms with Gasteiger partial charge < -0.3 is 20.3 Å². The van der Waals surface area contributed by atoms with E-state index in [0.29, 0.717) is 17.7 Å². The Bertz CT molecular complexity index is 823. The van der Waals surface area contributed by atoms with Gasteiger partial charge in [-0.05, 0) is 50.9 Å². The number of hydrogen-bond donors (Lipinski definition) is 3. The number of rotatable bonds is 6. The summed E-state index contributed by atoms with van der Waals surface area (Å²) in [5.41, 5.74) is 0.592. The quantitative estimate of drug-likeness (QED) is 0.625. The molecular weight excluding hydrogens is 409 g/mol. The molecule has 2 saturated heterocycles. The van der Waals surface area contributed by atoms with E-state index in [1.165, 1.54) is 45.4 Å². The molecule has 8 nitrogen and oxygen atoms in total. The maximum absolute atomic E-state index is 14.2. The number of hydrogen-bond acceptors (Lipinski definition) is 8. The van der Waals surface area contributed by atoms with Gasteiger partial charge in [0.15, 0.2) is 17.9 Å². The normalized spacial score (nSPS) is 24.4. The topological polar surface area (TPSA) is 76.5 Å². The van der Waals surface area contributed by atoms with Gasteiger partial charge in [-0.2, -0.15) is 4.99 Å². The fourth-order valence-corrected chi connectivity index (χ4v) is 4.70. The highest BCUT2D eigenvalue weighted by Crippen LogP contribution is 2.21. The van der Waals surface area contributed by atoms with Gasteiger partial charge in [0.1, 0.15) is 0 Å². The maximum atomic E-state index is 14.2. The van der Waals surface area contributed by atoms with Gasteiger partial charge in [0.05, 0.1) is 7.11 Å². The Morgan fingerprint density at radius 3 is 2.69 bits per heavy atom. The van der Waals surface area contributed by atoms with Crippen LogP contribution in [0.4, 0.5) is 10.1 Å². The van der Waals surface area contributed by atoms with Crippen molar-refractivity contribution in [2.24, 2.45) is 9.98 Å². The number of guanidine groups is 2. The minimum Gasteiger partial charge on any atom is -0.494 e. The molecule has 1 aromatic carbocycles. The highest BCUT2D eigenvalue weighted by atomic mass is 19.1. The lowest BCUT2D eigenvalue weighted by atomic mass is 10.2. The van der Waals surface area contributed by atoms with Crippen LogP contribution in [0, 0.1) is 5.82 Å². The third kappa shape index (κ3) is 5.69. The van der Waals surface area contributed by atoms with Crippen molar-refractivity contribution in [3.8, 4) is 5.75 Å².